The van der Waals surface area contributed by atoms with Crippen LogP contribution in [0, 0.1) is 0 Å². The van der Waals surface area contributed by atoms with Crippen molar-refractivity contribution in [2.45, 2.75) is 12.8 Å². The number of aromatic nitrogens is 2. The van der Waals surface area contributed by atoms with Gasteiger partial charge in [-0.2, -0.15) is 5.10 Å². The first-order valence-corrected chi connectivity index (χ1v) is 10.9. The molecule has 1 aliphatic rings. The first kappa shape index (κ1) is 20.1. The lowest BCUT2D eigenvalue weighted by atomic mass is 10.0. The van der Waals surface area contributed by atoms with Crippen LogP contribution in [0.25, 0.3) is 22.0 Å². The molecular weight excluding hydrogens is 402 g/mol. The van der Waals surface area contributed by atoms with Crippen LogP contribution in [-0.4, -0.2) is 35.4 Å². The van der Waals surface area contributed by atoms with Gasteiger partial charge in [0, 0.05) is 31.8 Å². The molecule has 32 heavy (non-hydrogen) atoms. The van der Waals surface area contributed by atoms with E-state index in [0.29, 0.717) is 36.8 Å². The molecule has 0 spiro atoms. The van der Waals surface area contributed by atoms with Crippen molar-refractivity contribution < 1.29 is 14.3 Å². The van der Waals surface area contributed by atoms with E-state index in [9.17, 15) is 4.79 Å². The van der Waals surface area contributed by atoms with Crippen LogP contribution in [0.15, 0.2) is 66.9 Å². The predicted molar refractivity (Wildman–Crippen MR) is 124 cm³/mol. The second-order valence-corrected chi connectivity index (χ2v) is 7.92. The molecule has 6 nitrogen and oxygen atoms in total. The van der Waals surface area contributed by atoms with Gasteiger partial charge in [0.05, 0.1) is 18.8 Å². The summed E-state index contributed by atoms with van der Waals surface area (Å²) in [4.78, 5) is 13.0. The molecular formula is C26H25N3O3. The Balaban J connectivity index is 1.33. The van der Waals surface area contributed by atoms with E-state index in [-0.39, 0.29) is 5.91 Å². The van der Waals surface area contributed by atoms with Crippen LogP contribution in [0.3, 0.4) is 0 Å². The van der Waals surface area contributed by atoms with Crippen molar-refractivity contribution in [2.75, 3.05) is 19.8 Å². The summed E-state index contributed by atoms with van der Waals surface area (Å²) in [6, 6.07) is 20.3. The maximum atomic E-state index is 13.0. The highest BCUT2D eigenvalue weighted by Crippen LogP contribution is 2.34. The molecule has 1 amide bonds. The van der Waals surface area contributed by atoms with E-state index in [1.54, 1.807) is 10.9 Å². The summed E-state index contributed by atoms with van der Waals surface area (Å²) in [5.74, 6) is 1.27. The van der Waals surface area contributed by atoms with Gasteiger partial charge in [0.1, 0.15) is 5.69 Å². The Morgan fingerprint density at radius 2 is 1.84 bits per heavy atom. The molecule has 3 aromatic carbocycles. The summed E-state index contributed by atoms with van der Waals surface area (Å²) < 4.78 is 13.2. The topological polar surface area (TPSA) is 65.4 Å². The third-order valence-corrected chi connectivity index (χ3v) is 5.65. The molecule has 6 heteroatoms. The lowest BCUT2D eigenvalue weighted by Crippen LogP contribution is -2.26. The second-order valence-electron chi connectivity index (χ2n) is 7.92. The van der Waals surface area contributed by atoms with Crippen molar-refractivity contribution in [3.05, 3.63) is 78.0 Å². The van der Waals surface area contributed by atoms with Gasteiger partial charge in [-0.05, 0) is 41.0 Å². The maximum absolute atomic E-state index is 13.0. The molecule has 4 aromatic rings. The standard InChI is InChI=1S/C26H25N3O3/c1-29-17-22(25(28-29)20-10-11-23-24(16-20)32-15-5-14-31-23)26(30)27-13-12-19-8-4-7-18-6-2-3-9-21(18)19/h2-4,6-11,16-17H,5,12-15H2,1H3,(H,27,30). The number of nitrogens with zero attached hydrogens (tertiary/aromatic N) is 2. The Kier molecular flexibility index (Phi) is 5.50. The summed E-state index contributed by atoms with van der Waals surface area (Å²) in [6.45, 7) is 1.79. The second kappa shape index (κ2) is 8.75. The molecule has 1 aromatic heterocycles. The zero-order valence-corrected chi connectivity index (χ0v) is 18.0. The van der Waals surface area contributed by atoms with Crippen molar-refractivity contribution in [2.24, 2.45) is 7.05 Å². The Bertz CT molecular complexity index is 1270. The van der Waals surface area contributed by atoms with Gasteiger partial charge in [0.25, 0.3) is 5.91 Å². The van der Waals surface area contributed by atoms with E-state index in [0.717, 1.165) is 24.2 Å². The maximum Gasteiger partial charge on any atom is 0.255 e. The fraction of sp³-hybridized carbons (Fsp3) is 0.231. The number of ether oxygens (including phenoxy) is 2. The molecule has 0 atom stereocenters. The van der Waals surface area contributed by atoms with Gasteiger partial charge in [-0.3, -0.25) is 9.48 Å². The fourth-order valence-corrected chi connectivity index (χ4v) is 4.09. The lowest BCUT2D eigenvalue weighted by Gasteiger charge is -2.10. The summed E-state index contributed by atoms with van der Waals surface area (Å²) in [6.07, 6.45) is 3.36. The Hall–Kier alpha value is -3.80. The van der Waals surface area contributed by atoms with E-state index in [2.05, 4.69) is 40.7 Å². The number of hydrogen-bond donors (Lipinski definition) is 1. The first-order chi connectivity index (χ1) is 15.7. The van der Waals surface area contributed by atoms with Gasteiger partial charge in [0.15, 0.2) is 11.5 Å². The largest absolute Gasteiger partial charge is 0.490 e. The number of carbonyl (C=O) groups excluding carboxylic acids is 1. The van der Waals surface area contributed by atoms with Gasteiger partial charge in [0.2, 0.25) is 0 Å². The van der Waals surface area contributed by atoms with E-state index < -0.39 is 0 Å². The molecule has 0 fully saturated rings. The highest BCUT2D eigenvalue weighted by molar-refractivity contribution is 6.00. The Morgan fingerprint density at radius 3 is 2.75 bits per heavy atom. The number of carbonyl (C=O) groups is 1. The van der Waals surface area contributed by atoms with Crippen LogP contribution >= 0.6 is 0 Å². The van der Waals surface area contributed by atoms with Crippen molar-refractivity contribution in [1.82, 2.24) is 15.1 Å². The average Bonchev–Trinajstić information content (AvgIpc) is 3.06. The smallest absolute Gasteiger partial charge is 0.255 e. The van der Waals surface area contributed by atoms with Gasteiger partial charge in [-0.1, -0.05) is 42.5 Å². The molecule has 0 radical (unpaired) electrons. The van der Waals surface area contributed by atoms with Crippen LogP contribution < -0.4 is 14.8 Å². The molecule has 5 rings (SSSR count). The highest BCUT2D eigenvalue weighted by Gasteiger charge is 2.19. The van der Waals surface area contributed by atoms with Gasteiger partial charge < -0.3 is 14.8 Å². The van der Waals surface area contributed by atoms with Crippen LogP contribution in [0.5, 0.6) is 11.5 Å². The van der Waals surface area contributed by atoms with E-state index >= 15 is 0 Å². The minimum absolute atomic E-state index is 0.138. The highest BCUT2D eigenvalue weighted by atomic mass is 16.5. The first-order valence-electron chi connectivity index (χ1n) is 10.9. The third kappa shape index (κ3) is 4.04. The number of fused-ring (bicyclic) bond motifs is 2. The van der Waals surface area contributed by atoms with Crippen molar-refractivity contribution in [1.29, 1.82) is 0 Å². The van der Waals surface area contributed by atoms with Gasteiger partial charge >= 0.3 is 0 Å². The van der Waals surface area contributed by atoms with Gasteiger partial charge in [-0.25, -0.2) is 0 Å². The van der Waals surface area contributed by atoms with Crippen LogP contribution in [-0.2, 0) is 13.5 Å². The third-order valence-electron chi connectivity index (χ3n) is 5.65. The Morgan fingerprint density at radius 1 is 1.03 bits per heavy atom. The number of amides is 1. The molecule has 0 saturated carbocycles. The molecule has 0 aliphatic carbocycles. The molecule has 0 saturated heterocycles. The lowest BCUT2D eigenvalue weighted by molar-refractivity contribution is 0.0954. The van der Waals surface area contributed by atoms with Crippen molar-refractivity contribution >= 4 is 16.7 Å². The molecule has 162 valence electrons. The van der Waals surface area contributed by atoms with Crippen LogP contribution in [0.2, 0.25) is 0 Å². The SMILES string of the molecule is Cn1cc(C(=O)NCCc2cccc3ccccc23)c(-c2ccc3c(c2)OCCCO3)n1. The number of nitrogens with one attached hydrogen (secondary N) is 1. The summed E-state index contributed by atoms with van der Waals surface area (Å²) in [5.41, 5.74) is 3.22. The minimum Gasteiger partial charge on any atom is -0.490 e. The number of aryl methyl sites for hydroxylation is 1. The van der Waals surface area contributed by atoms with Crippen molar-refractivity contribution in [3.8, 4) is 22.8 Å². The van der Waals surface area contributed by atoms with Gasteiger partial charge in [-0.15, -0.1) is 0 Å². The predicted octanol–water partition coefficient (Wildman–Crippen LogP) is 4.37. The van der Waals surface area contributed by atoms with Crippen molar-refractivity contribution in [3.63, 3.8) is 0 Å². The summed E-state index contributed by atoms with van der Waals surface area (Å²) >= 11 is 0. The number of rotatable bonds is 5. The fourth-order valence-electron chi connectivity index (χ4n) is 4.09. The summed E-state index contributed by atoms with van der Waals surface area (Å²) in [7, 11) is 1.82. The van der Waals surface area contributed by atoms with E-state index in [4.69, 9.17) is 9.47 Å². The minimum atomic E-state index is -0.138. The zero-order valence-electron chi connectivity index (χ0n) is 18.0. The molecule has 0 unspecified atom stereocenters. The van der Waals surface area contributed by atoms with Crippen LogP contribution in [0.1, 0.15) is 22.3 Å². The summed E-state index contributed by atoms with van der Waals surface area (Å²) in [5, 5.41) is 10.0. The Labute approximate surface area is 186 Å². The quantitative estimate of drug-likeness (QED) is 0.514. The molecule has 1 N–H and O–H groups in total. The average molecular weight is 428 g/mol. The molecule has 1 aliphatic heterocycles. The van der Waals surface area contributed by atoms with Crippen LogP contribution in [0.4, 0.5) is 0 Å². The molecule has 2 heterocycles. The van der Waals surface area contributed by atoms with E-state index in [1.165, 1.54) is 16.3 Å². The van der Waals surface area contributed by atoms with E-state index in [1.807, 2.05) is 37.4 Å². The monoisotopic (exact) mass is 427 g/mol. The normalized spacial score (nSPS) is 13.0. The number of hydrogen-bond acceptors (Lipinski definition) is 4. The number of benzene rings is 3. The zero-order chi connectivity index (χ0) is 21.9. The molecule has 0 bridgehead atoms.